The summed E-state index contributed by atoms with van der Waals surface area (Å²) in [4.78, 5) is 37.9. The first-order valence-corrected chi connectivity index (χ1v) is 7.99. The lowest BCUT2D eigenvalue weighted by molar-refractivity contribution is -0.141. The maximum absolute atomic E-state index is 12.8. The molecule has 0 unspecified atom stereocenters. The number of nitrogens with zero attached hydrogens (tertiary/aromatic N) is 1. The Bertz CT molecular complexity index is 710. The zero-order chi connectivity index (χ0) is 15.9. The van der Waals surface area contributed by atoms with E-state index in [1.807, 2.05) is 13.0 Å². The maximum Gasteiger partial charge on any atom is 0.304 e. The van der Waals surface area contributed by atoms with E-state index in [9.17, 15) is 14.4 Å². The second kappa shape index (κ2) is 5.61. The normalized spacial score (nSPS) is 20.5. The number of ketones is 1. The minimum Gasteiger partial charge on any atom is -0.481 e. The fraction of sp³-hybridized carbons (Fsp3) is 0.312. The number of hydrogen-bond donors (Lipinski definition) is 1. The van der Waals surface area contributed by atoms with Gasteiger partial charge in [-0.05, 0) is 13.0 Å². The van der Waals surface area contributed by atoms with Crippen molar-refractivity contribution in [3.05, 3.63) is 46.0 Å². The van der Waals surface area contributed by atoms with E-state index in [-0.39, 0.29) is 18.1 Å². The largest absolute Gasteiger partial charge is 0.481 e. The molecule has 0 aromatic heterocycles. The summed E-state index contributed by atoms with van der Waals surface area (Å²) in [5.41, 5.74) is 1.80. The molecule has 0 aliphatic carbocycles. The van der Waals surface area contributed by atoms with Crippen LogP contribution in [-0.2, 0) is 9.59 Å². The van der Waals surface area contributed by atoms with Crippen LogP contribution in [0.5, 0.6) is 0 Å². The third kappa shape index (κ3) is 2.43. The van der Waals surface area contributed by atoms with Crippen molar-refractivity contribution in [2.24, 2.45) is 5.92 Å². The number of hydrogen-bond acceptors (Lipinski definition) is 4. The average Bonchev–Trinajstić information content (AvgIpc) is 3.02. The first kappa shape index (κ1) is 14.8. The topological polar surface area (TPSA) is 74.7 Å². The molecule has 0 saturated carbocycles. The SMILES string of the molecule is Cc1cccc(C(=O)C2=C3SCCN3C(=O)[C@@H]2CC(=O)O)c1. The molecule has 1 N–H and O–H groups in total. The van der Waals surface area contributed by atoms with Crippen molar-refractivity contribution in [1.29, 1.82) is 0 Å². The number of aryl methyl sites for hydroxylation is 1. The number of carboxylic acid groups (broad SMARTS) is 1. The van der Waals surface area contributed by atoms with Crippen LogP contribution in [0, 0.1) is 12.8 Å². The van der Waals surface area contributed by atoms with Gasteiger partial charge in [0.05, 0.1) is 17.4 Å². The molecule has 22 heavy (non-hydrogen) atoms. The van der Waals surface area contributed by atoms with Crippen molar-refractivity contribution >= 4 is 29.4 Å². The zero-order valence-electron chi connectivity index (χ0n) is 12.0. The highest BCUT2D eigenvalue weighted by atomic mass is 32.2. The Hall–Kier alpha value is -2.08. The molecular formula is C16H15NO4S. The molecule has 5 nitrogen and oxygen atoms in total. The summed E-state index contributed by atoms with van der Waals surface area (Å²) in [7, 11) is 0. The third-order valence-electron chi connectivity index (χ3n) is 3.85. The summed E-state index contributed by atoms with van der Waals surface area (Å²) in [6.45, 7) is 2.43. The Labute approximate surface area is 132 Å². The number of thioether (sulfide) groups is 1. The Morgan fingerprint density at radius 1 is 1.41 bits per heavy atom. The van der Waals surface area contributed by atoms with Gasteiger partial charge in [-0.1, -0.05) is 23.8 Å². The molecule has 0 bridgehead atoms. The molecule has 1 aromatic carbocycles. The highest BCUT2D eigenvalue weighted by Crippen LogP contribution is 2.43. The van der Waals surface area contributed by atoms with Gasteiger partial charge in [0, 0.05) is 23.4 Å². The van der Waals surface area contributed by atoms with Gasteiger partial charge in [-0.2, -0.15) is 0 Å². The Balaban J connectivity index is 2.04. The van der Waals surface area contributed by atoms with E-state index >= 15 is 0 Å². The molecule has 2 heterocycles. The molecule has 2 aliphatic rings. The van der Waals surface area contributed by atoms with E-state index in [2.05, 4.69) is 0 Å². The molecule has 0 spiro atoms. The van der Waals surface area contributed by atoms with Crippen molar-refractivity contribution in [3.63, 3.8) is 0 Å². The van der Waals surface area contributed by atoms with Crippen LogP contribution >= 0.6 is 11.8 Å². The Kier molecular flexibility index (Phi) is 3.78. The Morgan fingerprint density at radius 3 is 2.86 bits per heavy atom. The molecule has 6 heteroatoms. The summed E-state index contributed by atoms with van der Waals surface area (Å²) < 4.78 is 0. The summed E-state index contributed by atoms with van der Waals surface area (Å²) in [6.07, 6.45) is -0.341. The number of rotatable bonds is 4. The monoisotopic (exact) mass is 317 g/mol. The van der Waals surface area contributed by atoms with E-state index in [0.717, 1.165) is 11.3 Å². The molecule has 1 saturated heterocycles. The van der Waals surface area contributed by atoms with Gasteiger partial charge >= 0.3 is 5.97 Å². The van der Waals surface area contributed by atoms with E-state index in [1.165, 1.54) is 11.8 Å². The molecule has 1 amide bonds. The third-order valence-corrected chi connectivity index (χ3v) is 4.95. The number of Topliss-reactive ketones (excluding diaryl/α,β-unsaturated/α-hetero) is 1. The van der Waals surface area contributed by atoms with Gasteiger partial charge in [0.25, 0.3) is 0 Å². The van der Waals surface area contributed by atoms with Crippen molar-refractivity contribution in [3.8, 4) is 0 Å². The lowest BCUT2D eigenvalue weighted by atomic mass is 9.91. The zero-order valence-corrected chi connectivity index (χ0v) is 12.9. The maximum atomic E-state index is 12.8. The summed E-state index contributed by atoms with van der Waals surface area (Å²) >= 11 is 1.45. The average molecular weight is 317 g/mol. The fourth-order valence-electron chi connectivity index (χ4n) is 2.87. The predicted octanol–water partition coefficient (Wildman–Crippen LogP) is 2.07. The summed E-state index contributed by atoms with van der Waals surface area (Å²) in [6, 6.07) is 7.14. The van der Waals surface area contributed by atoms with Crippen LogP contribution in [0.15, 0.2) is 34.9 Å². The van der Waals surface area contributed by atoms with Crippen LogP contribution in [0.25, 0.3) is 0 Å². The van der Waals surface area contributed by atoms with Crippen LogP contribution in [0.1, 0.15) is 22.3 Å². The lowest BCUT2D eigenvalue weighted by Crippen LogP contribution is -2.29. The molecular weight excluding hydrogens is 302 g/mol. The quantitative estimate of drug-likeness (QED) is 0.861. The number of carboxylic acids is 1. The van der Waals surface area contributed by atoms with Crippen molar-refractivity contribution < 1.29 is 19.5 Å². The lowest BCUT2D eigenvalue weighted by Gasteiger charge is -2.12. The Morgan fingerprint density at radius 2 is 2.18 bits per heavy atom. The molecule has 1 fully saturated rings. The fourth-order valence-corrected chi connectivity index (χ4v) is 4.06. The standard InChI is InChI=1S/C16H15NO4S/c1-9-3-2-4-10(7-9)14(20)13-11(8-12(18)19)15(21)17-5-6-22-16(13)17/h2-4,7,11H,5-6,8H2,1H3,(H,18,19)/t11-/m1/s1. The number of carbonyl (C=O) groups is 3. The second-order valence-electron chi connectivity index (χ2n) is 5.41. The summed E-state index contributed by atoms with van der Waals surface area (Å²) in [5.74, 6) is -1.70. The summed E-state index contributed by atoms with van der Waals surface area (Å²) in [5, 5.41) is 9.70. The van der Waals surface area contributed by atoms with Gasteiger partial charge in [0.15, 0.2) is 5.78 Å². The number of aliphatic carboxylic acids is 1. The first-order chi connectivity index (χ1) is 10.5. The van der Waals surface area contributed by atoms with Crippen LogP contribution in [0.3, 0.4) is 0 Å². The minimum absolute atomic E-state index is 0.241. The van der Waals surface area contributed by atoms with Gasteiger partial charge in [-0.15, -0.1) is 11.8 Å². The highest BCUT2D eigenvalue weighted by Gasteiger charge is 2.45. The number of benzene rings is 1. The molecule has 3 rings (SSSR count). The van der Waals surface area contributed by atoms with Crippen molar-refractivity contribution in [2.45, 2.75) is 13.3 Å². The molecule has 114 valence electrons. The van der Waals surface area contributed by atoms with Crippen LogP contribution < -0.4 is 0 Å². The van der Waals surface area contributed by atoms with Crippen LogP contribution in [0.2, 0.25) is 0 Å². The smallest absolute Gasteiger partial charge is 0.304 e. The van der Waals surface area contributed by atoms with E-state index in [1.54, 1.807) is 23.1 Å². The van der Waals surface area contributed by atoms with Gasteiger partial charge in [-0.25, -0.2) is 0 Å². The van der Waals surface area contributed by atoms with E-state index in [4.69, 9.17) is 5.11 Å². The van der Waals surface area contributed by atoms with Gasteiger partial charge < -0.3 is 10.0 Å². The molecule has 2 aliphatic heterocycles. The van der Waals surface area contributed by atoms with Gasteiger partial charge in [-0.3, -0.25) is 14.4 Å². The van der Waals surface area contributed by atoms with Crippen LogP contribution in [0.4, 0.5) is 0 Å². The van der Waals surface area contributed by atoms with Gasteiger partial charge in [0.1, 0.15) is 0 Å². The minimum atomic E-state index is -1.07. The number of fused-ring (bicyclic) bond motifs is 1. The van der Waals surface area contributed by atoms with E-state index in [0.29, 0.717) is 22.7 Å². The predicted molar refractivity (Wildman–Crippen MR) is 82.4 cm³/mol. The number of carbonyl (C=O) groups excluding carboxylic acids is 2. The van der Waals surface area contributed by atoms with Gasteiger partial charge in [0.2, 0.25) is 5.91 Å². The van der Waals surface area contributed by atoms with Crippen molar-refractivity contribution in [1.82, 2.24) is 4.90 Å². The first-order valence-electron chi connectivity index (χ1n) is 7.00. The molecule has 1 aromatic rings. The van der Waals surface area contributed by atoms with E-state index < -0.39 is 11.9 Å². The molecule has 0 radical (unpaired) electrons. The molecule has 1 atom stereocenters. The van der Waals surface area contributed by atoms with Crippen LogP contribution in [-0.4, -0.2) is 40.0 Å². The van der Waals surface area contributed by atoms with Crippen molar-refractivity contribution in [2.75, 3.05) is 12.3 Å². The highest BCUT2D eigenvalue weighted by molar-refractivity contribution is 8.03. The second-order valence-corrected chi connectivity index (χ2v) is 6.49. The number of amides is 1.